The molecular formula is C16H24ClN3O. The minimum Gasteiger partial charge on any atom is -0.323 e. The van der Waals surface area contributed by atoms with Crippen LogP contribution in [0.3, 0.4) is 0 Å². The van der Waals surface area contributed by atoms with Gasteiger partial charge in [-0.15, -0.1) is 0 Å². The van der Waals surface area contributed by atoms with Gasteiger partial charge in [0.2, 0.25) is 0 Å². The number of halogens is 1. The van der Waals surface area contributed by atoms with Crippen LogP contribution in [0.25, 0.3) is 0 Å². The number of nitrogens with one attached hydrogen (secondary N) is 2. The van der Waals surface area contributed by atoms with E-state index in [9.17, 15) is 4.79 Å². The summed E-state index contributed by atoms with van der Waals surface area (Å²) in [6.07, 6.45) is 4.58. The number of urea groups is 1. The Hall–Kier alpha value is -1.26. The summed E-state index contributed by atoms with van der Waals surface area (Å²) in [4.78, 5) is 14.3. The monoisotopic (exact) mass is 309 g/mol. The summed E-state index contributed by atoms with van der Waals surface area (Å²) in [5.74, 6) is 0. The Morgan fingerprint density at radius 1 is 1.48 bits per heavy atom. The quantitative estimate of drug-likeness (QED) is 0.870. The van der Waals surface area contributed by atoms with Crippen LogP contribution in [-0.4, -0.2) is 36.6 Å². The maximum atomic E-state index is 12.4. The van der Waals surface area contributed by atoms with Crippen molar-refractivity contribution in [1.29, 1.82) is 0 Å². The van der Waals surface area contributed by atoms with Crippen molar-refractivity contribution < 1.29 is 4.79 Å². The third-order valence-electron chi connectivity index (χ3n) is 3.71. The molecule has 2 N–H and O–H groups in total. The van der Waals surface area contributed by atoms with Crippen LogP contribution >= 0.6 is 11.6 Å². The Labute approximate surface area is 131 Å². The van der Waals surface area contributed by atoms with Gasteiger partial charge in [0.1, 0.15) is 0 Å². The lowest BCUT2D eigenvalue weighted by atomic mass is 10.0. The number of carbonyl (C=O) groups excluding carboxylic acids is 1. The topological polar surface area (TPSA) is 44.4 Å². The molecule has 1 aliphatic rings. The number of rotatable bonds is 5. The second kappa shape index (κ2) is 8.25. The Bertz CT molecular complexity index is 461. The number of amides is 2. The van der Waals surface area contributed by atoms with E-state index in [0.717, 1.165) is 38.2 Å². The Kier molecular flexibility index (Phi) is 6.33. The molecule has 21 heavy (non-hydrogen) atoms. The van der Waals surface area contributed by atoms with Crippen molar-refractivity contribution in [3.63, 3.8) is 0 Å². The van der Waals surface area contributed by atoms with Crippen LogP contribution in [-0.2, 0) is 0 Å². The van der Waals surface area contributed by atoms with Crippen molar-refractivity contribution in [2.24, 2.45) is 0 Å². The number of benzene rings is 1. The van der Waals surface area contributed by atoms with Crippen LogP contribution in [0.4, 0.5) is 10.5 Å². The molecule has 5 heteroatoms. The molecule has 0 saturated carbocycles. The van der Waals surface area contributed by atoms with Crippen molar-refractivity contribution >= 4 is 23.3 Å². The fourth-order valence-electron chi connectivity index (χ4n) is 2.66. The largest absolute Gasteiger partial charge is 0.323 e. The van der Waals surface area contributed by atoms with Crippen molar-refractivity contribution in [2.45, 2.75) is 38.6 Å². The van der Waals surface area contributed by atoms with Gasteiger partial charge in [0.05, 0.1) is 0 Å². The smallest absolute Gasteiger partial charge is 0.321 e. The molecule has 0 radical (unpaired) electrons. The molecule has 0 aliphatic carbocycles. The molecule has 2 amide bonds. The third-order valence-corrected chi connectivity index (χ3v) is 3.94. The molecule has 0 bridgehead atoms. The van der Waals surface area contributed by atoms with Crippen LogP contribution in [0.2, 0.25) is 5.02 Å². The fraction of sp³-hybridized carbons (Fsp3) is 0.562. The third kappa shape index (κ3) is 5.21. The fourth-order valence-corrected chi connectivity index (χ4v) is 2.85. The van der Waals surface area contributed by atoms with Crippen molar-refractivity contribution in [1.82, 2.24) is 10.2 Å². The average molecular weight is 310 g/mol. The highest BCUT2D eigenvalue weighted by Crippen LogP contribution is 2.16. The minimum absolute atomic E-state index is 0.0495. The van der Waals surface area contributed by atoms with E-state index in [1.165, 1.54) is 12.8 Å². The number of hydrogen-bond donors (Lipinski definition) is 2. The lowest BCUT2D eigenvalue weighted by molar-refractivity contribution is 0.199. The van der Waals surface area contributed by atoms with Gasteiger partial charge in [-0.1, -0.05) is 31.0 Å². The highest BCUT2D eigenvalue weighted by atomic mass is 35.5. The number of carbonyl (C=O) groups is 1. The van der Waals surface area contributed by atoms with Crippen LogP contribution < -0.4 is 10.6 Å². The SMILES string of the molecule is CCCN(CC1CCCCN1)C(=O)Nc1cccc(Cl)c1. The summed E-state index contributed by atoms with van der Waals surface area (Å²) in [7, 11) is 0. The van der Waals surface area contributed by atoms with E-state index in [1.807, 2.05) is 17.0 Å². The maximum absolute atomic E-state index is 12.4. The molecule has 0 spiro atoms. The van der Waals surface area contributed by atoms with Crippen LogP contribution in [0.5, 0.6) is 0 Å². The molecule has 1 aromatic rings. The summed E-state index contributed by atoms with van der Waals surface area (Å²) in [6, 6.07) is 7.62. The van der Waals surface area contributed by atoms with E-state index < -0.39 is 0 Å². The average Bonchev–Trinajstić information content (AvgIpc) is 2.48. The zero-order valence-corrected chi connectivity index (χ0v) is 13.3. The highest BCUT2D eigenvalue weighted by Gasteiger charge is 2.20. The van der Waals surface area contributed by atoms with Gasteiger partial charge in [-0.2, -0.15) is 0 Å². The van der Waals surface area contributed by atoms with Gasteiger partial charge in [0.15, 0.2) is 0 Å². The van der Waals surface area contributed by atoms with E-state index in [1.54, 1.807) is 12.1 Å². The zero-order valence-electron chi connectivity index (χ0n) is 12.6. The van der Waals surface area contributed by atoms with Crippen LogP contribution in [0.15, 0.2) is 24.3 Å². The van der Waals surface area contributed by atoms with Gasteiger partial charge >= 0.3 is 6.03 Å². The van der Waals surface area contributed by atoms with Gasteiger partial charge in [0.25, 0.3) is 0 Å². The number of anilines is 1. The van der Waals surface area contributed by atoms with E-state index in [2.05, 4.69) is 17.6 Å². The standard InChI is InChI=1S/C16H24ClN3O/c1-2-10-20(12-15-7-3-4-9-18-15)16(21)19-14-8-5-6-13(17)11-14/h5-6,8,11,15,18H,2-4,7,9-10,12H2,1H3,(H,19,21). The lowest BCUT2D eigenvalue weighted by Crippen LogP contribution is -2.47. The van der Waals surface area contributed by atoms with E-state index >= 15 is 0 Å². The first kappa shape index (κ1) is 16.1. The van der Waals surface area contributed by atoms with Crippen LogP contribution in [0, 0.1) is 0 Å². The molecule has 1 fully saturated rings. The molecule has 1 heterocycles. The molecule has 116 valence electrons. The number of hydrogen-bond acceptors (Lipinski definition) is 2. The van der Waals surface area contributed by atoms with Crippen molar-refractivity contribution in [2.75, 3.05) is 25.0 Å². The predicted molar refractivity (Wildman–Crippen MR) is 88.0 cm³/mol. The zero-order chi connectivity index (χ0) is 15.1. The van der Waals surface area contributed by atoms with Crippen molar-refractivity contribution in [3.8, 4) is 0 Å². The van der Waals surface area contributed by atoms with Crippen molar-refractivity contribution in [3.05, 3.63) is 29.3 Å². The van der Waals surface area contributed by atoms with Gasteiger partial charge in [-0.05, 0) is 44.0 Å². The van der Waals surface area contributed by atoms with E-state index in [-0.39, 0.29) is 6.03 Å². The normalized spacial score (nSPS) is 18.3. The first-order valence-corrected chi connectivity index (χ1v) is 8.11. The number of piperidine rings is 1. The minimum atomic E-state index is -0.0495. The van der Waals surface area contributed by atoms with Gasteiger partial charge in [-0.3, -0.25) is 0 Å². The molecular weight excluding hydrogens is 286 g/mol. The Balaban J connectivity index is 1.94. The van der Waals surface area contributed by atoms with E-state index in [4.69, 9.17) is 11.6 Å². The second-order valence-electron chi connectivity index (χ2n) is 5.53. The first-order valence-electron chi connectivity index (χ1n) is 7.74. The Morgan fingerprint density at radius 3 is 3.00 bits per heavy atom. The maximum Gasteiger partial charge on any atom is 0.321 e. The molecule has 1 aliphatic heterocycles. The molecule has 1 saturated heterocycles. The number of nitrogens with zero attached hydrogens (tertiary/aromatic N) is 1. The van der Waals surface area contributed by atoms with Gasteiger partial charge in [-0.25, -0.2) is 4.79 Å². The molecule has 2 rings (SSSR count). The summed E-state index contributed by atoms with van der Waals surface area (Å²) >= 11 is 5.95. The summed E-state index contributed by atoms with van der Waals surface area (Å²) in [5, 5.41) is 7.05. The molecule has 0 aromatic heterocycles. The van der Waals surface area contributed by atoms with E-state index in [0.29, 0.717) is 11.1 Å². The summed E-state index contributed by atoms with van der Waals surface area (Å²) in [5.41, 5.74) is 0.741. The lowest BCUT2D eigenvalue weighted by Gasteiger charge is -2.30. The Morgan fingerprint density at radius 2 is 2.33 bits per heavy atom. The summed E-state index contributed by atoms with van der Waals surface area (Å²) in [6.45, 7) is 4.68. The van der Waals surface area contributed by atoms with Crippen LogP contribution in [0.1, 0.15) is 32.6 Å². The molecule has 4 nitrogen and oxygen atoms in total. The highest BCUT2D eigenvalue weighted by molar-refractivity contribution is 6.30. The van der Waals surface area contributed by atoms with Gasteiger partial charge in [0, 0.05) is 29.8 Å². The second-order valence-corrected chi connectivity index (χ2v) is 5.97. The molecule has 1 aromatic carbocycles. The summed E-state index contributed by atoms with van der Waals surface area (Å²) < 4.78 is 0. The van der Waals surface area contributed by atoms with Gasteiger partial charge < -0.3 is 15.5 Å². The molecule has 1 atom stereocenters. The first-order chi connectivity index (χ1) is 10.2. The predicted octanol–water partition coefficient (Wildman–Crippen LogP) is 3.73. The molecule has 1 unspecified atom stereocenters.